The second kappa shape index (κ2) is 6.09. The van der Waals surface area contributed by atoms with E-state index in [0.29, 0.717) is 17.0 Å². The summed E-state index contributed by atoms with van der Waals surface area (Å²) in [7, 11) is -0.480. The highest BCUT2D eigenvalue weighted by atomic mass is 32.2. The van der Waals surface area contributed by atoms with E-state index in [0.717, 1.165) is 5.39 Å². The fraction of sp³-hybridized carbons (Fsp3) is 0.118. The van der Waals surface area contributed by atoms with Gasteiger partial charge in [0.25, 0.3) is 10.0 Å². The Labute approximate surface area is 154 Å². The van der Waals surface area contributed by atoms with Crippen molar-refractivity contribution in [3.05, 3.63) is 65.6 Å². The summed E-state index contributed by atoms with van der Waals surface area (Å²) in [6.45, 7) is 0. The van der Waals surface area contributed by atoms with Crippen LogP contribution in [0.4, 0.5) is 5.69 Å². The van der Waals surface area contributed by atoms with Crippen LogP contribution in [0, 0.1) is 0 Å². The minimum atomic E-state index is -3.85. The van der Waals surface area contributed by atoms with Gasteiger partial charge in [0.1, 0.15) is 10.7 Å². The summed E-state index contributed by atoms with van der Waals surface area (Å²) < 4.78 is 32.4. The number of aromatic nitrogens is 5. The van der Waals surface area contributed by atoms with Gasteiger partial charge in [-0.3, -0.25) is 14.0 Å². The molecule has 9 nitrogen and oxygen atoms in total. The Hall–Kier alpha value is -3.40. The van der Waals surface area contributed by atoms with Crippen LogP contribution in [0.2, 0.25) is 0 Å². The number of pyridine rings is 1. The third kappa shape index (κ3) is 2.89. The number of hydrogen-bond acceptors (Lipinski definition) is 5. The highest BCUT2D eigenvalue weighted by Crippen LogP contribution is 2.25. The molecule has 10 heteroatoms. The first-order valence-electron chi connectivity index (χ1n) is 8.01. The van der Waals surface area contributed by atoms with E-state index in [1.165, 1.54) is 27.5 Å². The molecule has 0 bridgehead atoms. The van der Waals surface area contributed by atoms with Crippen molar-refractivity contribution in [2.75, 3.05) is 4.72 Å². The number of fused-ring (bicyclic) bond motifs is 1. The molecule has 3 heterocycles. The standard InChI is InChI=1S/C17H16N6O3S/c1-21-8-9-23(17(21)24)15-7-6-13(11-18-15)27(25,26)20-14-5-3-4-12-10-19-22(2)16(12)14/h3-11,20H,1-2H3. The van der Waals surface area contributed by atoms with E-state index in [4.69, 9.17) is 0 Å². The van der Waals surface area contributed by atoms with Crippen molar-refractivity contribution in [2.45, 2.75) is 4.90 Å². The Kier molecular flexibility index (Phi) is 3.84. The molecular formula is C17H16N6O3S. The van der Waals surface area contributed by atoms with E-state index < -0.39 is 10.0 Å². The fourth-order valence-corrected chi connectivity index (χ4v) is 3.84. The van der Waals surface area contributed by atoms with Crippen LogP contribution in [-0.4, -0.2) is 32.3 Å². The van der Waals surface area contributed by atoms with Gasteiger partial charge in [-0.2, -0.15) is 5.10 Å². The molecular weight excluding hydrogens is 368 g/mol. The molecule has 0 fully saturated rings. The maximum atomic E-state index is 12.7. The Morgan fingerprint density at radius 3 is 2.52 bits per heavy atom. The Morgan fingerprint density at radius 2 is 1.85 bits per heavy atom. The van der Waals surface area contributed by atoms with Crippen molar-refractivity contribution in [1.82, 2.24) is 23.9 Å². The zero-order chi connectivity index (χ0) is 19.2. The molecule has 27 heavy (non-hydrogen) atoms. The van der Waals surface area contributed by atoms with Crippen molar-refractivity contribution in [1.29, 1.82) is 0 Å². The number of para-hydroxylation sites is 1. The molecule has 0 aliphatic rings. The van der Waals surface area contributed by atoms with E-state index in [-0.39, 0.29) is 10.6 Å². The minimum Gasteiger partial charge on any atom is -0.302 e. The molecule has 1 N–H and O–H groups in total. The highest BCUT2D eigenvalue weighted by molar-refractivity contribution is 7.92. The zero-order valence-corrected chi connectivity index (χ0v) is 15.4. The van der Waals surface area contributed by atoms with Crippen LogP contribution in [0.3, 0.4) is 0 Å². The molecule has 0 spiro atoms. The van der Waals surface area contributed by atoms with E-state index in [2.05, 4.69) is 14.8 Å². The van der Waals surface area contributed by atoms with Crippen LogP contribution in [-0.2, 0) is 24.1 Å². The van der Waals surface area contributed by atoms with Gasteiger partial charge >= 0.3 is 5.69 Å². The van der Waals surface area contributed by atoms with Gasteiger partial charge in [-0.25, -0.2) is 18.2 Å². The summed E-state index contributed by atoms with van der Waals surface area (Å²) in [4.78, 5) is 16.1. The number of imidazole rings is 1. The molecule has 0 unspecified atom stereocenters. The molecule has 0 aliphatic carbocycles. The third-order valence-corrected chi connectivity index (χ3v) is 5.58. The van der Waals surface area contributed by atoms with Crippen LogP contribution < -0.4 is 10.4 Å². The highest BCUT2D eigenvalue weighted by Gasteiger charge is 2.18. The molecule has 0 atom stereocenters. The van der Waals surface area contributed by atoms with E-state index in [1.54, 1.807) is 49.5 Å². The zero-order valence-electron chi connectivity index (χ0n) is 14.6. The quantitative estimate of drug-likeness (QED) is 0.570. The lowest BCUT2D eigenvalue weighted by Gasteiger charge is -2.10. The van der Waals surface area contributed by atoms with E-state index >= 15 is 0 Å². The summed E-state index contributed by atoms with van der Waals surface area (Å²) in [5.41, 5.74) is 0.844. The average molecular weight is 384 g/mol. The lowest BCUT2D eigenvalue weighted by molar-refractivity contribution is 0.600. The van der Waals surface area contributed by atoms with Crippen LogP contribution >= 0.6 is 0 Å². The first-order valence-corrected chi connectivity index (χ1v) is 9.49. The van der Waals surface area contributed by atoms with Gasteiger partial charge in [0, 0.05) is 38.1 Å². The lowest BCUT2D eigenvalue weighted by Crippen LogP contribution is -2.21. The molecule has 4 rings (SSSR count). The number of aryl methyl sites for hydroxylation is 2. The maximum Gasteiger partial charge on any atom is 0.333 e. The smallest absolute Gasteiger partial charge is 0.302 e. The maximum absolute atomic E-state index is 12.7. The predicted molar refractivity (Wildman–Crippen MR) is 100 cm³/mol. The van der Waals surface area contributed by atoms with Gasteiger partial charge in [0.05, 0.1) is 17.4 Å². The Balaban J connectivity index is 1.69. The van der Waals surface area contributed by atoms with E-state index in [9.17, 15) is 13.2 Å². The van der Waals surface area contributed by atoms with Gasteiger partial charge in [-0.05, 0) is 18.2 Å². The van der Waals surface area contributed by atoms with Gasteiger partial charge in [-0.1, -0.05) is 12.1 Å². The second-order valence-electron chi connectivity index (χ2n) is 6.03. The number of nitrogens with zero attached hydrogens (tertiary/aromatic N) is 5. The molecule has 0 radical (unpaired) electrons. The Bertz CT molecular complexity index is 1300. The molecule has 4 aromatic rings. The van der Waals surface area contributed by atoms with Crippen molar-refractivity contribution in [3.8, 4) is 5.82 Å². The molecule has 3 aromatic heterocycles. The van der Waals surface area contributed by atoms with Gasteiger partial charge in [0.15, 0.2) is 0 Å². The first kappa shape index (κ1) is 17.0. The summed E-state index contributed by atoms with van der Waals surface area (Å²) in [5, 5.41) is 4.98. The molecule has 0 saturated carbocycles. The molecule has 0 saturated heterocycles. The van der Waals surface area contributed by atoms with Gasteiger partial charge < -0.3 is 4.57 Å². The number of hydrogen-bond donors (Lipinski definition) is 1. The number of benzene rings is 1. The predicted octanol–water partition coefficient (Wildman–Crippen LogP) is 1.26. The van der Waals surface area contributed by atoms with Crippen molar-refractivity contribution in [3.63, 3.8) is 0 Å². The SMILES string of the molecule is Cn1ccn(-c2ccc(S(=O)(=O)Nc3cccc4cnn(C)c34)cn2)c1=O. The number of anilines is 1. The van der Waals surface area contributed by atoms with Gasteiger partial charge in [-0.15, -0.1) is 0 Å². The Morgan fingerprint density at radius 1 is 1.04 bits per heavy atom. The third-order valence-electron chi connectivity index (χ3n) is 4.23. The van der Waals surface area contributed by atoms with E-state index in [1.807, 2.05) is 6.07 Å². The summed E-state index contributed by atoms with van der Waals surface area (Å²) >= 11 is 0. The monoisotopic (exact) mass is 384 g/mol. The molecule has 0 amide bonds. The summed E-state index contributed by atoms with van der Waals surface area (Å²) in [5.74, 6) is 0.341. The lowest BCUT2D eigenvalue weighted by atomic mass is 10.2. The van der Waals surface area contributed by atoms with Gasteiger partial charge in [0.2, 0.25) is 0 Å². The van der Waals surface area contributed by atoms with Crippen molar-refractivity contribution in [2.24, 2.45) is 14.1 Å². The van der Waals surface area contributed by atoms with Crippen LogP contribution in [0.5, 0.6) is 0 Å². The molecule has 0 aliphatic heterocycles. The summed E-state index contributed by atoms with van der Waals surface area (Å²) in [6, 6.07) is 8.18. The van der Waals surface area contributed by atoms with Crippen molar-refractivity contribution < 1.29 is 8.42 Å². The van der Waals surface area contributed by atoms with Crippen LogP contribution in [0.25, 0.3) is 16.7 Å². The minimum absolute atomic E-state index is 0.00518. The normalized spacial score (nSPS) is 11.8. The number of nitrogens with one attached hydrogen (secondary N) is 1. The van der Waals surface area contributed by atoms with Crippen LogP contribution in [0.1, 0.15) is 0 Å². The largest absolute Gasteiger partial charge is 0.333 e. The molecule has 138 valence electrons. The number of rotatable bonds is 4. The number of sulfonamides is 1. The fourth-order valence-electron chi connectivity index (χ4n) is 2.83. The summed E-state index contributed by atoms with van der Waals surface area (Å²) in [6.07, 6.45) is 6.06. The molecule has 1 aromatic carbocycles. The van der Waals surface area contributed by atoms with Crippen molar-refractivity contribution >= 4 is 26.6 Å². The second-order valence-corrected chi connectivity index (χ2v) is 7.71. The first-order chi connectivity index (χ1) is 12.9. The average Bonchev–Trinajstić information content (AvgIpc) is 3.19. The topological polar surface area (TPSA) is 104 Å². The van der Waals surface area contributed by atoms with Crippen LogP contribution in [0.15, 0.2) is 64.8 Å².